The van der Waals surface area contributed by atoms with Crippen molar-refractivity contribution in [2.45, 2.75) is 4.90 Å². The molecule has 0 bridgehead atoms. The Morgan fingerprint density at radius 1 is 1.30 bits per heavy atom. The number of primary sulfonamides is 1. The number of rotatable bonds is 5. The first-order valence-corrected chi connectivity index (χ1v) is 9.13. The van der Waals surface area contributed by atoms with Gasteiger partial charge in [-0.25, -0.2) is 13.6 Å². The predicted octanol–water partition coefficient (Wildman–Crippen LogP) is 0.377. The molecule has 1 saturated heterocycles. The highest BCUT2D eigenvalue weighted by Crippen LogP contribution is 2.21. The highest BCUT2D eigenvalue weighted by atomic mass is 32.2. The number of thioether (sulfide) groups is 1. The molecule has 1 aromatic carbocycles. The van der Waals surface area contributed by atoms with Gasteiger partial charge in [-0.1, -0.05) is 0 Å². The van der Waals surface area contributed by atoms with E-state index in [0.29, 0.717) is 5.69 Å². The molecule has 0 radical (unpaired) electrons. The van der Waals surface area contributed by atoms with Crippen molar-refractivity contribution in [3.05, 3.63) is 18.2 Å². The summed E-state index contributed by atoms with van der Waals surface area (Å²) in [5.74, 6) is 2.37. The molecular formula is C12H20N4O2S2. The lowest BCUT2D eigenvalue weighted by Gasteiger charge is -2.26. The number of nitrogens with two attached hydrogens (primary N) is 2. The summed E-state index contributed by atoms with van der Waals surface area (Å²) in [4.78, 5) is 2.44. The molecule has 1 aliphatic heterocycles. The van der Waals surface area contributed by atoms with Crippen LogP contribution in [0, 0.1) is 0 Å². The summed E-state index contributed by atoms with van der Waals surface area (Å²) in [6.45, 7) is 3.97. The number of nitrogen functional groups attached to an aromatic ring is 1. The Morgan fingerprint density at radius 2 is 2.00 bits per heavy atom. The summed E-state index contributed by atoms with van der Waals surface area (Å²) < 4.78 is 22.4. The lowest BCUT2D eigenvalue weighted by molar-refractivity contribution is 0.314. The minimum absolute atomic E-state index is 0.0357. The fourth-order valence-electron chi connectivity index (χ4n) is 2.05. The fourth-order valence-corrected chi connectivity index (χ4v) is 3.58. The number of benzene rings is 1. The van der Waals surface area contributed by atoms with Crippen molar-refractivity contribution in [1.82, 2.24) is 4.90 Å². The topological polar surface area (TPSA) is 101 Å². The van der Waals surface area contributed by atoms with Gasteiger partial charge in [-0.2, -0.15) is 11.8 Å². The molecule has 112 valence electrons. The molecule has 0 saturated carbocycles. The lowest BCUT2D eigenvalue weighted by Crippen LogP contribution is -2.36. The van der Waals surface area contributed by atoms with E-state index >= 15 is 0 Å². The van der Waals surface area contributed by atoms with Crippen LogP contribution in [0.15, 0.2) is 23.1 Å². The van der Waals surface area contributed by atoms with E-state index in [1.165, 1.54) is 23.6 Å². The van der Waals surface area contributed by atoms with Gasteiger partial charge in [-0.15, -0.1) is 0 Å². The first-order chi connectivity index (χ1) is 9.47. The molecule has 1 fully saturated rings. The smallest absolute Gasteiger partial charge is 0.238 e. The molecule has 20 heavy (non-hydrogen) atoms. The van der Waals surface area contributed by atoms with Crippen LogP contribution in [0.1, 0.15) is 0 Å². The summed E-state index contributed by atoms with van der Waals surface area (Å²) in [5.41, 5.74) is 6.97. The van der Waals surface area contributed by atoms with Crippen molar-refractivity contribution in [1.29, 1.82) is 0 Å². The average Bonchev–Trinajstić information content (AvgIpc) is 2.40. The molecule has 5 N–H and O–H groups in total. The van der Waals surface area contributed by atoms with E-state index in [0.717, 1.165) is 31.9 Å². The van der Waals surface area contributed by atoms with Crippen LogP contribution in [0.2, 0.25) is 0 Å². The molecule has 0 spiro atoms. The molecule has 0 aromatic heterocycles. The molecule has 6 nitrogen and oxygen atoms in total. The minimum atomic E-state index is -3.70. The van der Waals surface area contributed by atoms with Crippen molar-refractivity contribution in [2.24, 2.45) is 5.14 Å². The number of nitrogens with zero attached hydrogens (tertiary/aromatic N) is 1. The number of nitrogens with one attached hydrogen (secondary N) is 1. The zero-order chi connectivity index (χ0) is 14.6. The fraction of sp³-hybridized carbons (Fsp3) is 0.500. The second-order valence-electron chi connectivity index (χ2n) is 4.67. The van der Waals surface area contributed by atoms with Gasteiger partial charge in [-0.3, -0.25) is 4.90 Å². The Kier molecular flexibility index (Phi) is 5.14. The van der Waals surface area contributed by atoms with Crippen LogP contribution in [-0.4, -0.2) is 51.0 Å². The summed E-state index contributed by atoms with van der Waals surface area (Å²) >= 11 is 1.98. The van der Waals surface area contributed by atoms with Gasteiger partial charge < -0.3 is 11.1 Å². The zero-order valence-corrected chi connectivity index (χ0v) is 12.8. The SMILES string of the molecule is Nc1cc(S(N)(=O)=O)ccc1NCCN1CCSCC1. The second kappa shape index (κ2) is 6.66. The van der Waals surface area contributed by atoms with Gasteiger partial charge in [0.25, 0.3) is 0 Å². The number of sulfonamides is 1. The largest absolute Gasteiger partial charge is 0.397 e. The first-order valence-electron chi connectivity index (χ1n) is 6.43. The molecule has 8 heteroatoms. The van der Waals surface area contributed by atoms with E-state index in [9.17, 15) is 8.42 Å². The summed E-state index contributed by atoms with van der Waals surface area (Å²) in [5, 5.41) is 8.29. The summed E-state index contributed by atoms with van der Waals surface area (Å²) in [6.07, 6.45) is 0. The van der Waals surface area contributed by atoms with Gasteiger partial charge >= 0.3 is 0 Å². The van der Waals surface area contributed by atoms with Crippen LogP contribution < -0.4 is 16.2 Å². The predicted molar refractivity (Wildman–Crippen MR) is 84.5 cm³/mol. The van der Waals surface area contributed by atoms with Crippen LogP contribution >= 0.6 is 11.8 Å². The van der Waals surface area contributed by atoms with E-state index in [1.807, 2.05) is 11.8 Å². The Morgan fingerprint density at radius 3 is 2.60 bits per heavy atom. The van der Waals surface area contributed by atoms with E-state index in [-0.39, 0.29) is 4.90 Å². The van der Waals surface area contributed by atoms with Crippen molar-refractivity contribution in [2.75, 3.05) is 48.7 Å². The maximum absolute atomic E-state index is 11.2. The number of hydrogen-bond acceptors (Lipinski definition) is 6. The Balaban J connectivity index is 1.90. The van der Waals surface area contributed by atoms with Gasteiger partial charge in [0.05, 0.1) is 16.3 Å². The first kappa shape index (κ1) is 15.4. The molecule has 1 heterocycles. The van der Waals surface area contributed by atoms with E-state index in [2.05, 4.69) is 10.2 Å². The maximum atomic E-state index is 11.2. The normalized spacial score (nSPS) is 17.1. The molecule has 1 aromatic rings. The molecule has 0 atom stereocenters. The Labute approximate surface area is 123 Å². The third-order valence-electron chi connectivity index (χ3n) is 3.20. The molecule has 0 aliphatic carbocycles. The Hall–Kier alpha value is -0.960. The van der Waals surface area contributed by atoms with Crippen LogP contribution in [0.3, 0.4) is 0 Å². The van der Waals surface area contributed by atoms with Crippen molar-refractivity contribution < 1.29 is 8.42 Å². The highest BCUT2D eigenvalue weighted by Gasteiger charge is 2.11. The molecule has 0 amide bonds. The van der Waals surface area contributed by atoms with Gasteiger partial charge in [0.15, 0.2) is 0 Å². The van der Waals surface area contributed by atoms with Crippen LogP contribution in [-0.2, 0) is 10.0 Å². The molecule has 2 rings (SSSR count). The van der Waals surface area contributed by atoms with Gasteiger partial charge in [0.2, 0.25) is 10.0 Å². The average molecular weight is 316 g/mol. The molecular weight excluding hydrogens is 296 g/mol. The number of hydrogen-bond donors (Lipinski definition) is 3. The summed E-state index contributed by atoms with van der Waals surface area (Å²) in [6, 6.07) is 4.50. The van der Waals surface area contributed by atoms with Crippen LogP contribution in [0.5, 0.6) is 0 Å². The van der Waals surface area contributed by atoms with Crippen molar-refractivity contribution in [3.8, 4) is 0 Å². The third kappa shape index (κ3) is 4.27. The lowest BCUT2D eigenvalue weighted by atomic mass is 10.2. The standard InChI is InChI=1S/C12H20N4O2S2/c13-11-9-10(20(14,17)18)1-2-12(11)15-3-4-16-5-7-19-8-6-16/h1-2,9,15H,3-8,13H2,(H2,14,17,18). The van der Waals surface area contributed by atoms with Crippen LogP contribution in [0.4, 0.5) is 11.4 Å². The van der Waals surface area contributed by atoms with Crippen molar-refractivity contribution in [3.63, 3.8) is 0 Å². The van der Waals surface area contributed by atoms with Gasteiger partial charge in [-0.05, 0) is 18.2 Å². The Bertz CT molecular complexity index is 557. The van der Waals surface area contributed by atoms with Crippen molar-refractivity contribution >= 4 is 33.2 Å². The van der Waals surface area contributed by atoms with Crippen LogP contribution in [0.25, 0.3) is 0 Å². The maximum Gasteiger partial charge on any atom is 0.238 e. The second-order valence-corrected chi connectivity index (χ2v) is 7.46. The van der Waals surface area contributed by atoms with E-state index in [4.69, 9.17) is 10.9 Å². The number of anilines is 2. The zero-order valence-electron chi connectivity index (χ0n) is 11.2. The van der Waals surface area contributed by atoms with Gasteiger partial charge in [0, 0.05) is 37.7 Å². The monoisotopic (exact) mass is 316 g/mol. The van der Waals surface area contributed by atoms with E-state index < -0.39 is 10.0 Å². The molecule has 0 unspecified atom stereocenters. The summed E-state index contributed by atoms with van der Waals surface area (Å²) in [7, 11) is -3.70. The minimum Gasteiger partial charge on any atom is -0.397 e. The third-order valence-corrected chi connectivity index (χ3v) is 5.05. The highest BCUT2D eigenvalue weighted by molar-refractivity contribution is 7.99. The molecule has 1 aliphatic rings. The van der Waals surface area contributed by atoms with Gasteiger partial charge in [0.1, 0.15) is 0 Å². The van der Waals surface area contributed by atoms with E-state index in [1.54, 1.807) is 6.07 Å². The quantitative estimate of drug-likeness (QED) is 0.679.